The molecule has 0 unspecified atom stereocenters. The van der Waals surface area contributed by atoms with Crippen molar-refractivity contribution in [3.63, 3.8) is 0 Å². The predicted molar refractivity (Wildman–Crippen MR) is 106 cm³/mol. The number of benzene rings is 2. The lowest BCUT2D eigenvalue weighted by Crippen LogP contribution is -2.47. The largest absolute Gasteiger partial charge is 0.369 e. The lowest BCUT2D eigenvalue weighted by molar-refractivity contribution is 0.255. The highest BCUT2D eigenvalue weighted by Gasteiger charge is 2.17. The van der Waals surface area contributed by atoms with Crippen molar-refractivity contribution in [3.05, 3.63) is 59.4 Å². The molecule has 2 aromatic carbocycles. The van der Waals surface area contributed by atoms with Gasteiger partial charge in [0.15, 0.2) is 0 Å². The van der Waals surface area contributed by atoms with E-state index in [0.717, 1.165) is 56.3 Å². The maximum absolute atomic E-state index is 12.9. The average molecular weight is 412 g/mol. The van der Waals surface area contributed by atoms with Crippen LogP contribution in [0, 0.1) is 5.82 Å². The molecule has 1 N–H and O–H groups in total. The zero-order valence-electron chi connectivity index (χ0n) is 14.9. The Morgan fingerprint density at radius 1 is 0.963 bits per heavy atom. The molecule has 1 aliphatic rings. The van der Waals surface area contributed by atoms with Gasteiger partial charge in [0, 0.05) is 43.4 Å². The summed E-state index contributed by atoms with van der Waals surface area (Å²) in [4.78, 5) is 4.74. The van der Waals surface area contributed by atoms with Gasteiger partial charge in [0.05, 0.1) is 4.90 Å². The Balaban J connectivity index is 1.39. The van der Waals surface area contributed by atoms with Crippen molar-refractivity contribution >= 4 is 27.3 Å². The van der Waals surface area contributed by atoms with Crippen molar-refractivity contribution in [2.24, 2.45) is 0 Å². The first-order valence-corrected chi connectivity index (χ1v) is 10.8. The van der Waals surface area contributed by atoms with E-state index in [2.05, 4.69) is 14.5 Å². The predicted octanol–water partition coefficient (Wildman–Crippen LogP) is 2.97. The summed E-state index contributed by atoms with van der Waals surface area (Å²) in [5.41, 5.74) is 1.17. The normalized spacial score (nSPS) is 15.9. The maximum atomic E-state index is 12.9. The summed E-state index contributed by atoms with van der Waals surface area (Å²) in [5.74, 6) is -0.452. The van der Waals surface area contributed by atoms with Crippen LogP contribution in [-0.4, -0.2) is 52.6 Å². The Labute approximate surface area is 164 Å². The van der Waals surface area contributed by atoms with E-state index in [9.17, 15) is 12.8 Å². The van der Waals surface area contributed by atoms with E-state index in [1.807, 2.05) is 24.3 Å². The van der Waals surface area contributed by atoms with Crippen LogP contribution in [0.3, 0.4) is 0 Å². The fraction of sp³-hybridized carbons (Fsp3) is 0.368. The summed E-state index contributed by atoms with van der Waals surface area (Å²) in [6.07, 6.45) is 0.724. The molecule has 3 rings (SSSR count). The quantitative estimate of drug-likeness (QED) is 0.712. The Morgan fingerprint density at radius 3 is 2.22 bits per heavy atom. The molecule has 1 saturated heterocycles. The van der Waals surface area contributed by atoms with Crippen LogP contribution in [0.15, 0.2) is 53.4 Å². The summed E-state index contributed by atoms with van der Waals surface area (Å²) in [6, 6.07) is 12.7. The van der Waals surface area contributed by atoms with Crippen LogP contribution < -0.4 is 9.62 Å². The van der Waals surface area contributed by atoms with Crippen LogP contribution in [-0.2, 0) is 10.0 Å². The third kappa shape index (κ3) is 5.65. The van der Waals surface area contributed by atoms with Crippen molar-refractivity contribution in [2.45, 2.75) is 11.3 Å². The fourth-order valence-corrected chi connectivity index (χ4v) is 4.29. The SMILES string of the molecule is O=S(=O)(NCCCN1CCN(c2ccc(Cl)cc2)CC1)c1ccc(F)cc1. The van der Waals surface area contributed by atoms with Gasteiger partial charge < -0.3 is 4.90 Å². The van der Waals surface area contributed by atoms with E-state index < -0.39 is 15.8 Å². The van der Waals surface area contributed by atoms with Gasteiger partial charge in [-0.3, -0.25) is 4.90 Å². The molecular weight excluding hydrogens is 389 g/mol. The summed E-state index contributed by atoms with van der Waals surface area (Å²) < 4.78 is 39.8. The van der Waals surface area contributed by atoms with Crippen LogP contribution in [0.5, 0.6) is 0 Å². The van der Waals surface area contributed by atoms with Gasteiger partial charge in [0.1, 0.15) is 5.82 Å². The first kappa shape index (κ1) is 20.1. The van der Waals surface area contributed by atoms with Crippen LogP contribution in [0.2, 0.25) is 5.02 Å². The maximum Gasteiger partial charge on any atom is 0.240 e. The zero-order valence-corrected chi connectivity index (χ0v) is 16.5. The number of halogens is 2. The molecule has 0 radical (unpaired) electrons. The third-order valence-corrected chi connectivity index (χ3v) is 6.36. The van der Waals surface area contributed by atoms with Gasteiger partial charge in [-0.25, -0.2) is 17.5 Å². The third-order valence-electron chi connectivity index (χ3n) is 4.63. The lowest BCUT2D eigenvalue weighted by atomic mass is 10.2. The minimum atomic E-state index is -3.58. The Hall–Kier alpha value is -1.67. The first-order chi connectivity index (χ1) is 12.9. The number of rotatable bonds is 7. The molecule has 0 atom stereocenters. The monoisotopic (exact) mass is 411 g/mol. The summed E-state index contributed by atoms with van der Waals surface area (Å²) >= 11 is 5.93. The Morgan fingerprint density at radius 2 is 1.59 bits per heavy atom. The smallest absolute Gasteiger partial charge is 0.240 e. The molecule has 1 fully saturated rings. The molecule has 0 amide bonds. The average Bonchev–Trinajstić information content (AvgIpc) is 2.67. The van der Waals surface area contributed by atoms with Gasteiger partial charge in [-0.05, 0) is 61.5 Å². The molecule has 0 saturated carbocycles. The van der Waals surface area contributed by atoms with Crippen molar-refractivity contribution in [1.29, 1.82) is 0 Å². The fourth-order valence-electron chi connectivity index (χ4n) is 3.09. The summed E-state index contributed by atoms with van der Waals surface area (Å²) in [7, 11) is -3.58. The molecule has 0 aliphatic carbocycles. The molecule has 0 aromatic heterocycles. The molecule has 1 aliphatic heterocycles. The molecule has 27 heavy (non-hydrogen) atoms. The summed E-state index contributed by atoms with van der Waals surface area (Å²) in [6.45, 7) is 4.93. The van der Waals surface area contributed by atoms with Gasteiger partial charge in [-0.2, -0.15) is 0 Å². The van der Waals surface area contributed by atoms with E-state index in [-0.39, 0.29) is 4.90 Å². The van der Waals surface area contributed by atoms with E-state index >= 15 is 0 Å². The number of sulfonamides is 1. The van der Waals surface area contributed by atoms with Crippen molar-refractivity contribution in [3.8, 4) is 0 Å². The number of nitrogens with zero attached hydrogens (tertiary/aromatic N) is 2. The molecular formula is C19H23ClFN3O2S. The standard InChI is InChI=1S/C19H23ClFN3O2S/c20-16-2-6-18(7-3-16)24-14-12-23(13-15-24)11-1-10-22-27(25,26)19-8-4-17(21)5-9-19/h2-9,22H,1,10-15H2. The second kappa shape index (κ2) is 9.01. The van der Waals surface area contributed by atoms with Gasteiger partial charge >= 0.3 is 0 Å². The van der Waals surface area contributed by atoms with Gasteiger partial charge in [-0.1, -0.05) is 11.6 Å². The van der Waals surface area contributed by atoms with Gasteiger partial charge in [-0.15, -0.1) is 0 Å². The molecule has 146 valence electrons. The van der Waals surface area contributed by atoms with Crippen molar-refractivity contribution in [1.82, 2.24) is 9.62 Å². The minimum absolute atomic E-state index is 0.0838. The second-order valence-electron chi connectivity index (χ2n) is 6.51. The van der Waals surface area contributed by atoms with E-state index in [0.29, 0.717) is 6.54 Å². The minimum Gasteiger partial charge on any atom is -0.369 e. The summed E-state index contributed by atoms with van der Waals surface area (Å²) in [5, 5.41) is 0.737. The van der Waals surface area contributed by atoms with Crippen LogP contribution in [0.1, 0.15) is 6.42 Å². The number of anilines is 1. The highest BCUT2D eigenvalue weighted by Crippen LogP contribution is 2.19. The Bertz CT molecular complexity index is 836. The highest BCUT2D eigenvalue weighted by atomic mass is 35.5. The Kier molecular flexibility index (Phi) is 6.70. The molecule has 1 heterocycles. The highest BCUT2D eigenvalue weighted by molar-refractivity contribution is 7.89. The topological polar surface area (TPSA) is 52.7 Å². The molecule has 0 spiro atoms. The molecule has 5 nitrogen and oxygen atoms in total. The van der Waals surface area contributed by atoms with Gasteiger partial charge in [0.2, 0.25) is 10.0 Å². The molecule has 8 heteroatoms. The molecule has 0 bridgehead atoms. The van der Waals surface area contributed by atoms with E-state index in [4.69, 9.17) is 11.6 Å². The zero-order chi connectivity index (χ0) is 19.3. The van der Waals surface area contributed by atoms with Gasteiger partial charge in [0.25, 0.3) is 0 Å². The number of piperazine rings is 1. The molecule has 2 aromatic rings. The number of hydrogen-bond donors (Lipinski definition) is 1. The van der Waals surface area contributed by atoms with Crippen LogP contribution in [0.4, 0.5) is 10.1 Å². The lowest BCUT2D eigenvalue weighted by Gasteiger charge is -2.36. The number of hydrogen-bond acceptors (Lipinski definition) is 4. The van der Waals surface area contributed by atoms with Crippen LogP contribution >= 0.6 is 11.6 Å². The number of nitrogens with one attached hydrogen (secondary N) is 1. The van der Waals surface area contributed by atoms with Crippen LogP contribution in [0.25, 0.3) is 0 Å². The van der Waals surface area contributed by atoms with Crippen molar-refractivity contribution < 1.29 is 12.8 Å². The second-order valence-corrected chi connectivity index (χ2v) is 8.71. The first-order valence-electron chi connectivity index (χ1n) is 8.92. The van der Waals surface area contributed by atoms with Crippen molar-refractivity contribution in [2.75, 3.05) is 44.2 Å². The van der Waals surface area contributed by atoms with E-state index in [1.165, 1.54) is 17.8 Å². The van der Waals surface area contributed by atoms with E-state index in [1.54, 1.807) is 0 Å².